The molecule has 1 aliphatic heterocycles. The van der Waals surface area contributed by atoms with Gasteiger partial charge in [-0.1, -0.05) is 6.92 Å². The van der Waals surface area contributed by atoms with Crippen LogP contribution in [0.25, 0.3) is 0 Å². The number of likely N-dealkylation sites (tertiary alicyclic amines) is 1. The largest absolute Gasteiger partial charge is 0.465 e. The highest BCUT2D eigenvalue weighted by molar-refractivity contribution is 5.69. The summed E-state index contributed by atoms with van der Waals surface area (Å²) in [5.74, 6) is -0.0272. The van der Waals surface area contributed by atoms with E-state index in [1.165, 1.54) is 4.90 Å². The van der Waals surface area contributed by atoms with Gasteiger partial charge >= 0.3 is 12.1 Å². The molecule has 1 aliphatic rings. The maximum absolute atomic E-state index is 11.1. The smallest absolute Gasteiger partial charge is 0.407 e. The molecule has 1 atom stereocenters. The van der Waals surface area contributed by atoms with E-state index in [1.54, 1.807) is 0 Å². The van der Waals surface area contributed by atoms with E-state index in [0.29, 0.717) is 26.1 Å². The maximum atomic E-state index is 11.1. The lowest BCUT2D eigenvalue weighted by molar-refractivity contribution is -0.145. The number of ether oxygens (including phenoxy) is 1. The van der Waals surface area contributed by atoms with E-state index in [-0.39, 0.29) is 11.9 Å². The Morgan fingerprint density at radius 3 is 2.88 bits per heavy atom. The van der Waals surface area contributed by atoms with Gasteiger partial charge in [0.1, 0.15) is 0 Å². The van der Waals surface area contributed by atoms with Crippen LogP contribution in [0.15, 0.2) is 0 Å². The van der Waals surface area contributed by atoms with E-state index < -0.39 is 6.09 Å². The summed E-state index contributed by atoms with van der Waals surface area (Å²) >= 11 is 0. The second-order valence-electron chi connectivity index (χ2n) is 4.17. The first-order valence-corrected chi connectivity index (χ1v) is 5.77. The Hall–Kier alpha value is -1.26. The van der Waals surface area contributed by atoms with Crippen LogP contribution in [0.1, 0.15) is 32.6 Å². The van der Waals surface area contributed by atoms with Gasteiger partial charge in [-0.05, 0) is 19.3 Å². The fourth-order valence-corrected chi connectivity index (χ4v) is 1.86. The summed E-state index contributed by atoms with van der Waals surface area (Å²) in [6, 6.07) is 0. The average molecular weight is 229 g/mol. The van der Waals surface area contributed by atoms with Gasteiger partial charge < -0.3 is 14.7 Å². The second-order valence-corrected chi connectivity index (χ2v) is 4.17. The van der Waals surface area contributed by atoms with Gasteiger partial charge in [0.05, 0.1) is 6.61 Å². The number of carbonyl (C=O) groups is 2. The highest BCUT2D eigenvalue weighted by atomic mass is 16.5. The van der Waals surface area contributed by atoms with Gasteiger partial charge in [0, 0.05) is 25.4 Å². The van der Waals surface area contributed by atoms with Crippen molar-refractivity contribution in [2.24, 2.45) is 5.92 Å². The number of carboxylic acid groups (broad SMARTS) is 1. The molecule has 16 heavy (non-hydrogen) atoms. The molecule has 0 radical (unpaired) electrons. The minimum Gasteiger partial charge on any atom is -0.465 e. The molecule has 1 saturated heterocycles. The maximum Gasteiger partial charge on any atom is 0.407 e. The first kappa shape index (κ1) is 12.8. The molecule has 1 heterocycles. The zero-order valence-corrected chi connectivity index (χ0v) is 9.65. The predicted molar refractivity (Wildman–Crippen MR) is 58.2 cm³/mol. The topological polar surface area (TPSA) is 66.8 Å². The van der Waals surface area contributed by atoms with E-state index >= 15 is 0 Å². The summed E-state index contributed by atoms with van der Waals surface area (Å²) in [5, 5.41) is 8.84. The molecule has 0 aromatic carbocycles. The number of piperidine rings is 1. The van der Waals surface area contributed by atoms with E-state index in [0.717, 1.165) is 19.3 Å². The van der Waals surface area contributed by atoms with Gasteiger partial charge in [0.2, 0.25) is 0 Å². The SMILES string of the molecule is CCCC(=O)OC[C@H]1CCCN(C(=O)O)C1. The van der Waals surface area contributed by atoms with E-state index in [4.69, 9.17) is 9.84 Å². The van der Waals surface area contributed by atoms with Crippen molar-refractivity contribution in [1.82, 2.24) is 4.90 Å². The Bertz CT molecular complexity index is 254. The summed E-state index contributed by atoms with van der Waals surface area (Å²) in [7, 11) is 0. The van der Waals surface area contributed by atoms with Crippen LogP contribution >= 0.6 is 0 Å². The summed E-state index contributed by atoms with van der Waals surface area (Å²) in [4.78, 5) is 23.3. The number of nitrogens with zero attached hydrogens (tertiary/aromatic N) is 1. The van der Waals surface area contributed by atoms with Crippen LogP contribution in [-0.2, 0) is 9.53 Å². The van der Waals surface area contributed by atoms with Crippen molar-refractivity contribution in [3.05, 3.63) is 0 Å². The molecular weight excluding hydrogens is 210 g/mol. The molecule has 0 unspecified atom stereocenters. The van der Waals surface area contributed by atoms with Gasteiger partial charge in [0.25, 0.3) is 0 Å². The van der Waals surface area contributed by atoms with Gasteiger partial charge in [-0.25, -0.2) is 4.79 Å². The Morgan fingerprint density at radius 2 is 2.25 bits per heavy atom. The van der Waals surface area contributed by atoms with Crippen molar-refractivity contribution in [3.8, 4) is 0 Å². The van der Waals surface area contributed by atoms with Gasteiger partial charge in [-0.2, -0.15) is 0 Å². The third-order valence-corrected chi connectivity index (χ3v) is 2.72. The molecule has 92 valence electrons. The van der Waals surface area contributed by atoms with Crippen LogP contribution in [0.3, 0.4) is 0 Å². The van der Waals surface area contributed by atoms with Crippen LogP contribution in [0.5, 0.6) is 0 Å². The lowest BCUT2D eigenvalue weighted by Crippen LogP contribution is -2.40. The average Bonchev–Trinajstić information content (AvgIpc) is 2.27. The van der Waals surface area contributed by atoms with Crippen LogP contribution in [0, 0.1) is 5.92 Å². The van der Waals surface area contributed by atoms with Crippen LogP contribution < -0.4 is 0 Å². The van der Waals surface area contributed by atoms with Gasteiger partial charge in [0.15, 0.2) is 0 Å². The molecule has 0 aromatic heterocycles. The zero-order chi connectivity index (χ0) is 12.0. The van der Waals surface area contributed by atoms with Gasteiger partial charge in [-0.15, -0.1) is 0 Å². The lowest BCUT2D eigenvalue weighted by atomic mass is 9.99. The number of carbonyl (C=O) groups excluding carboxylic acids is 1. The quantitative estimate of drug-likeness (QED) is 0.745. The summed E-state index contributed by atoms with van der Waals surface area (Å²) in [5.41, 5.74) is 0. The second kappa shape index (κ2) is 6.35. The van der Waals surface area contributed by atoms with E-state index in [1.807, 2.05) is 6.92 Å². The van der Waals surface area contributed by atoms with Crippen LogP contribution in [0.4, 0.5) is 4.79 Å². The van der Waals surface area contributed by atoms with Crippen molar-refractivity contribution in [1.29, 1.82) is 0 Å². The molecule has 1 amide bonds. The molecule has 0 bridgehead atoms. The summed E-state index contributed by atoms with van der Waals surface area (Å²) in [6.07, 6.45) is 2.12. The fourth-order valence-electron chi connectivity index (χ4n) is 1.86. The molecule has 0 aliphatic carbocycles. The molecule has 1 N–H and O–H groups in total. The zero-order valence-electron chi connectivity index (χ0n) is 9.65. The number of esters is 1. The Morgan fingerprint density at radius 1 is 1.50 bits per heavy atom. The normalized spacial score (nSPS) is 20.6. The molecule has 0 saturated carbocycles. The number of hydrogen-bond acceptors (Lipinski definition) is 3. The molecule has 0 spiro atoms. The van der Waals surface area contributed by atoms with E-state index in [2.05, 4.69) is 0 Å². The van der Waals surface area contributed by atoms with Crippen molar-refractivity contribution in [2.45, 2.75) is 32.6 Å². The highest BCUT2D eigenvalue weighted by Gasteiger charge is 2.23. The van der Waals surface area contributed by atoms with Crippen LogP contribution in [0.2, 0.25) is 0 Å². The first-order valence-electron chi connectivity index (χ1n) is 5.77. The van der Waals surface area contributed by atoms with Crippen molar-refractivity contribution in [2.75, 3.05) is 19.7 Å². The molecule has 1 rings (SSSR count). The molecule has 5 nitrogen and oxygen atoms in total. The van der Waals surface area contributed by atoms with Crippen molar-refractivity contribution in [3.63, 3.8) is 0 Å². The predicted octanol–water partition coefficient (Wildman–Crippen LogP) is 1.72. The van der Waals surface area contributed by atoms with Crippen molar-refractivity contribution < 1.29 is 19.4 Å². The molecular formula is C11H19NO4. The minimum atomic E-state index is -0.885. The first-order chi connectivity index (χ1) is 7.63. The number of rotatable bonds is 4. The Kier molecular flexibility index (Phi) is 5.08. The molecule has 5 heteroatoms. The third kappa shape index (κ3) is 4.08. The van der Waals surface area contributed by atoms with Gasteiger partial charge in [-0.3, -0.25) is 4.79 Å². The minimum absolute atomic E-state index is 0.158. The highest BCUT2D eigenvalue weighted by Crippen LogP contribution is 2.17. The summed E-state index contributed by atoms with van der Waals surface area (Å²) < 4.78 is 5.09. The van der Waals surface area contributed by atoms with Crippen LogP contribution in [-0.4, -0.2) is 41.8 Å². The van der Waals surface area contributed by atoms with Crippen molar-refractivity contribution >= 4 is 12.1 Å². The lowest BCUT2D eigenvalue weighted by Gasteiger charge is -2.30. The monoisotopic (exact) mass is 229 g/mol. The molecule has 1 fully saturated rings. The Balaban J connectivity index is 2.26. The third-order valence-electron chi connectivity index (χ3n) is 2.72. The fraction of sp³-hybridized carbons (Fsp3) is 0.818. The Labute approximate surface area is 95.4 Å². The molecule has 0 aromatic rings. The standard InChI is InChI=1S/C11H19NO4/c1-2-4-10(13)16-8-9-5-3-6-12(7-9)11(14)15/h9H,2-8H2,1H3,(H,14,15)/t9-/m0/s1. The summed E-state index contributed by atoms with van der Waals surface area (Å²) in [6.45, 7) is 3.35. The number of hydrogen-bond donors (Lipinski definition) is 1. The van der Waals surface area contributed by atoms with E-state index in [9.17, 15) is 9.59 Å². The number of amides is 1.